The molecular formula is C9H9BrO2S. The van der Waals surface area contributed by atoms with Crippen molar-refractivity contribution >= 4 is 34.5 Å². The molecule has 1 atom stereocenters. The second-order valence-electron chi connectivity index (χ2n) is 2.68. The standard InChI is InChI=1S/C9H9BrO2S/c10-7-3-1-6(2-4-7)5-8(13)9(11)12/h1-4,8,13H,5H2,(H,11,12). The highest BCUT2D eigenvalue weighted by molar-refractivity contribution is 9.10. The van der Waals surface area contributed by atoms with Crippen LogP contribution in [0.5, 0.6) is 0 Å². The van der Waals surface area contributed by atoms with E-state index in [4.69, 9.17) is 5.11 Å². The van der Waals surface area contributed by atoms with Crippen molar-refractivity contribution in [3.8, 4) is 0 Å². The molecule has 1 unspecified atom stereocenters. The molecule has 1 N–H and O–H groups in total. The zero-order valence-electron chi connectivity index (χ0n) is 6.77. The number of rotatable bonds is 3. The Kier molecular flexibility index (Phi) is 3.81. The number of halogens is 1. The molecule has 4 heteroatoms. The molecule has 1 aromatic rings. The number of hydrogen-bond donors (Lipinski definition) is 2. The fourth-order valence-corrected chi connectivity index (χ4v) is 1.41. The van der Waals surface area contributed by atoms with Gasteiger partial charge in [0.2, 0.25) is 0 Å². The minimum absolute atomic E-state index is 0.450. The third-order valence-electron chi connectivity index (χ3n) is 1.63. The second-order valence-corrected chi connectivity index (χ2v) is 4.22. The van der Waals surface area contributed by atoms with E-state index in [9.17, 15) is 4.79 Å². The highest BCUT2D eigenvalue weighted by atomic mass is 79.9. The van der Waals surface area contributed by atoms with Crippen LogP contribution >= 0.6 is 28.6 Å². The zero-order valence-corrected chi connectivity index (χ0v) is 9.25. The predicted molar refractivity (Wildman–Crippen MR) is 58.3 cm³/mol. The molecule has 1 aromatic carbocycles. The summed E-state index contributed by atoms with van der Waals surface area (Å²) in [5.74, 6) is -0.883. The minimum atomic E-state index is -0.883. The van der Waals surface area contributed by atoms with E-state index in [2.05, 4.69) is 28.6 Å². The Morgan fingerprint density at radius 1 is 1.46 bits per heavy atom. The Labute approximate surface area is 90.5 Å². The molecule has 0 aliphatic rings. The van der Waals surface area contributed by atoms with Crippen LogP contribution in [0.15, 0.2) is 28.7 Å². The maximum atomic E-state index is 10.5. The molecule has 0 saturated heterocycles. The largest absolute Gasteiger partial charge is 0.480 e. The maximum absolute atomic E-state index is 10.5. The Morgan fingerprint density at radius 2 is 2.00 bits per heavy atom. The average Bonchev–Trinajstić information content (AvgIpc) is 2.08. The van der Waals surface area contributed by atoms with Gasteiger partial charge >= 0.3 is 5.97 Å². The van der Waals surface area contributed by atoms with Crippen LogP contribution in [-0.2, 0) is 11.2 Å². The second kappa shape index (κ2) is 4.67. The van der Waals surface area contributed by atoms with Crippen molar-refractivity contribution in [1.82, 2.24) is 0 Å². The Bertz CT molecular complexity index is 297. The van der Waals surface area contributed by atoms with Crippen molar-refractivity contribution in [2.24, 2.45) is 0 Å². The van der Waals surface area contributed by atoms with Gasteiger partial charge in [0.1, 0.15) is 5.25 Å². The topological polar surface area (TPSA) is 37.3 Å². The predicted octanol–water partition coefficient (Wildman–Crippen LogP) is 2.37. The molecule has 1 rings (SSSR count). The summed E-state index contributed by atoms with van der Waals surface area (Å²) in [5.41, 5.74) is 0.977. The number of benzene rings is 1. The molecule has 0 saturated carbocycles. The SMILES string of the molecule is O=C(O)C(S)Cc1ccc(Br)cc1. The van der Waals surface area contributed by atoms with Crippen molar-refractivity contribution in [1.29, 1.82) is 0 Å². The fraction of sp³-hybridized carbons (Fsp3) is 0.222. The highest BCUT2D eigenvalue weighted by Gasteiger charge is 2.11. The lowest BCUT2D eigenvalue weighted by atomic mass is 10.1. The van der Waals surface area contributed by atoms with Gasteiger partial charge in [-0.05, 0) is 24.1 Å². The number of carbonyl (C=O) groups is 1. The number of carboxylic acids is 1. The van der Waals surface area contributed by atoms with Crippen LogP contribution in [0.1, 0.15) is 5.56 Å². The third-order valence-corrected chi connectivity index (χ3v) is 2.56. The Morgan fingerprint density at radius 3 is 2.46 bits per heavy atom. The first-order chi connectivity index (χ1) is 6.09. The summed E-state index contributed by atoms with van der Waals surface area (Å²) in [5, 5.41) is 7.99. The van der Waals surface area contributed by atoms with Gasteiger partial charge in [-0.3, -0.25) is 4.79 Å². The van der Waals surface area contributed by atoms with Crippen LogP contribution < -0.4 is 0 Å². The van der Waals surface area contributed by atoms with Gasteiger partial charge in [0.25, 0.3) is 0 Å². The number of thiol groups is 1. The quantitative estimate of drug-likeness (QED) is 0.820. The molecule has 0 aliphatic heterocycles. The van der Waals surface area contributed by atoms with Crippen molar-refractivity contribution < 1.29 is 9.90 Å². The van der Waals surface area contributed by atoms with Crippen LogP contribution in [0.2, 0.25) is 0 Å². The molecule has 70 valence electrons. The molecule has 0 aliphatic carbocycles. The lowest BCUT2D eigenvalue weighted by Crippen LogP contribution is -2.15. The Balaban J connectivity index is 2.64. The van der Waals surface area contributed by atoms with Crippen LogP contribution in [0.25, 0.3) is 0 Å². The molecule has 0 spiro atoms. The van der Waals surface area contributed by atoms with Crippen LogP contribution in [-0.4, -0.2) is 16.3 Å². The molecule has 0 bridgehead atoms. The minimum Gasteiger partial charge on any atom is -0.480 e. The van der Waals surface area contributed by atoms with Gasteiger partial charge in [-0.2, -0.15) is 12.6 Å². The van der Waals surface area contributed by atoms with Gasteiger partial charge in [-0.25, -0.2) is 0 Å². The smallest absolute Gasteiger partial charge is 0.316 e. The third kappa shape index (κ3) is 3.40. The van der Waals surface area contributed by atoms with Crippen LogP contribution in [0.4, 0.5) is 0 Å². The summed E-state index contributed by atoms with van der Waals surface area (Å²) in [7, 11) is 0. The first-order valence-electron chi connectivity index (χ1n) is 3.75. The molecule has 13 heavy (non-hydrogen) atoms. The molecule has 0 aromatic heterocycles. The summed E-state index contributed by atoms with van der Waals surface area (Å²) in [6, 6.07) is 7.54. The highest BCUT2D eigenvalue weighted by Crippen LogP contribution is 2.13. The van der Waals surface area contributed by atoms with E-state index in [0.717, 1.165) is 10.0 Å². The van der Waals surface area contributed by atoms with Gasteiger partial charge in [0.15, 0.2) is 0 Å². The number of hydrogen-bond acceptors (Lipinski definition) is 2. The number of carboxylic acid groups (broad SMARTS) is 1. The van der Waals surface area contributed by atoms with Crippen LogP contribution in [0.3, 0.4) is 0 Å². The van der Waals surface area contributed by atoms with E-state index in [1.807, 2.05) is 24.3 Å². The van der Waals surface area contributed by atoms with E-state index < -0.39 is 11.2 Å². The van der Waals surface area contributed by atoms with Gasteiger partial charge in [-0.1, -0.05) is 28.1 Å². The zero-order chi connectivity index (χ0) is 9.84. The summed E-state index contributed by atoms with van der Waals surface area (Å²) >= 11 is 7.26. The van der Waals surface area contributed by atoms with Crippen molar-refractivity contribution in [2.45, 2.75) is 11.7 Å². The first-order valence-corrected chi connectivity index (χ1v) is 5.06. The molecular weight excluding hydrogens is 252 g/mol. The lowest BCUT2D eigenvalue weighted by Gasteiger charge is -2.04. The van der Waals surface area contributed by atoms with E-state index in [0.29, 0.717) is 6.42 Å². The average molecular weight is 261 g/mol. The van der Waals surface area contributed by atoms with Gasteiger partial charge in [0, 0.05) is 4.47 Å². The van der Waals surface area contributed by atoms with Crippen molar-refractivity contribution in [3.05, 3.63) is 34.3 Å². The van der Waals surface area contributed by atoms with E-state index in [-0.39, 0.29) is 0 Å². The van der Waals surface area contributed by atoms with E-state index in [1.54, 1.807) is 0 Å². The summed E-state index contributed by atoms with van der Waals surface area (Å²) in [6.45, 7) is 0. The van der Waals surface area contributed by atoms with E-state index >= 15 is 0 Å². The normalized spacial score (nSPS) is 12.5. The molecule has 0 radical (unpaired) electrons. The lowest BCUT2D eigenvalue weighted by molar-refractivity contribution is -0.136. The molecule has 0 amide bonds. The summed E-state index contributed by atoms with van der Waals surface area (Å²) < 4.78 is 0.988. The first kappa shape index (κ1) is 10.6. The molecule has 2 nitrogen and oxygen atoms in total. The number of aliphatic carboxylic acids is 1. The Hall–Kier alpha value is -0.480. The molecule has 0 heterocycles. The monoisotopic (exact) mass is 260 g/mol. The maximum Gasteiger partial charge on any atom is 0.316 e. The fourth-order valence-electron chi connectivity index (χ4n) is 0.931. The molecule has 0 fully saturated rings. The summed E-state index contributed by atoms with van der Waals surface area (Å²) in [6.07, 6.45) is 0.450. The summed E-state index contributed by atoms with van der Waals surface area (Å²) in [4.78, 5) is 10.5. The van der Waals surface area contributed by atoms with Gasteiger partial charge < -0.3 is 5.11 Å². The van der Waals surface area contributed by atoms with Crippen LogP contribution in [0, 0.1) is 0 Å². The van der Waals surface area contributed by atoms with Gasteiger partial charge in [-0.15, -0.1) is 0 Å². The van der Waals surface area contributed by atoms with Crippen molar-refractivity contribution in [3.63, 3.8) is 0 Å². The van der Waals surface area contributed by atoms with E-state index in [1.165, 1.54) is 0 Å². The van der Waals surface area contributed by atoms with Crippen molar-refractivity contribution in [2.75, 3.05) is 0 Å². The van der Waals surface area contributed by atoms with Gasteiger partial charge in [0.05, 0.1) is 0 Å².